The van der Waals surface area contributed by atoms with Crippen LogP contribution in [0.15, 0.2) is 30.5 Å². The number of thiazole rings is 1. The predicted molar refractivity (Wildman–Crippen MR) is 67.5 cm³/mol. The number of nitro benzene ring substituents is 1. The van der Waals surface area contributed by atoms with Gasteiger partial charge in [-0.05, 0) is 5.56 Å². The molecule has 1 aromatic carbocycles. The Bertz CT molecular complexity index is 610. The summed E-state index contributed by atoms with van der Waals surface area (Å²) < 4.78 is 37.1. The molecule has 2 aromatic rings. The van der Waals surface area contributed by atoms with Crippen molar-refractivity contribution in [3.8, 4) is 0 Å². The summed E-state index contributed by atoms with van der Waals surface area (Å²) in [6.07, 6.45) is -3.63. The molecule has 1 heterocycles. The molecule has 5 nitrogen and oxygen atoms in total. The number of rotatable bonds is 4. The van der Waals surface area contributed by atoms with Crippen molar-refractivity contribution in [1.82, 2.24) is 4.98 Å². The van der Waals surface area contributed by atoms with Crippen LogP contribution in [0.4, 0.5) is 24.0 Å². The Balaban J connectivity index is 1.98. The van der Waals surface area contributed by atoms with Crippen LogP contribution in [0.5, 0.6) is 0 Å². The number of halogens is 3. The van der Waals surface area contributed by atoms with Crippen molar-refractivity contribution >= 4 is 22.2 Å². The maximum absolute atomic E-state index is 12.4. The maximum Gasteiger partial charge on any atom is 0.427 e. The number of aromatic nitrogens is 1. The Labute approximate surface area is 115 Å². The molecule has 1 N–H and O–H groups in total. The zero-order chi connectivity index (χ0) is 14.8. The van der Waals surface area contributed by atoms with Crippen LogP contribution < -0.4 is 5.32 Å². The Kier molecular flexibility index (Phi) is 3.89. The SMILES string of the molecule is O=[N+]([O-])c1ccc(CNc2ncc(C(F)(F)F)s2)cc1. The summed E-state index contributed by atoms with van der Waals surface area (Å²) in [5, 5.41) is 13.4. The van der Waals surface area contributed by atoms with Crippen molar-refractivity contribution in [3.63, 3.8) is 0 Å². The van der Waals surface area contributed by atoms with Crippen molar-refractivity contribution in [2.45, 2.75) is 12.7 Å². The monoisotopic (exact) mass is 303 g/mol. The van der Waals surface area contributed by atoms with Crippen molar-refractivity contribution in [3.05, 3.63) is 51.0 Å². The molecule has 9 heteroatoms. The fourth-order valence-corrected chi connectivity index (χ4v) is 2.08. The van der Waals surface area contributed by atoms with Gasteiger partial charge in [0, 0.05) is 18.7 Å². The molecule has 0 aliphatic heterocycles. The second-order valence-electron chi connectivity index (χ2n) is 3.80. The average molecular weight is 303 g/mol. The molecule has 0 saturated carbocycles. The first-order chi connectivity index (χ1) is 9.36. The summed E-state index contributed by atoms with van der Waals surface area (Å²) in [7, 11) is 0. The van der Waals surface area contributed by atoms with Gasteiger partial charge in [0.2, 0.25) is 0 Å². The molecule has 0 amide bonds. The van der Waals surface area contributed by atoms with Gasteiger partial charge in [0.05, 0.1) is 11.1 Å². The van der Waals surface area contributed by atoms with Crippen LogP contribution in [0.1, 0.15) is 10.4 Å². The number of nitrogens with one attached hydrogen (secondary N) is 1. The zero-order valence-electron chi connectivity index (χ0n) is 9.85. The van der Waals surface area contributed by atoms with Crippen LogP contribution in [-0.4, -0.2) is 9.91 Å². The molecule has 0 aliphatic carbocycles. The van der Waals surface area contributed by atoms with Crippen molar-refractivity contribution < 1.29 is 18.1 Å². The highest BCUT2D eigenvalue weighted by Crippen LogP contribution is 2.35. The van der Waals surface area contributed by atoms with Gasteiger partial charge >= 0.3 is 6.18 Å². The lowest BCUT2D eigenvalue weighted by molar-refractivity contribution is -0.384. The number of anilines is 1. The molecule has 0 bridgehead atoms. The first-order valence-electron chi connectivity index (χ1n) is 5.36. The summed E-state index contributed by atoms with van der Waals surface area (Å²) in [6, 6.07) is 5.73. The fourth-order valence-electron chi connectivity index (χ4n) is 1.40. The third kappa shape index (κ3) is 3.44. The largest absolute Gasteiger partial charge is 0.427 e. The Morgan fingerprint density at radius 3 is 2.45 bits per heavy atom. The highest BCUT2D eigenvalue weighted by atomic mass is 32.1. The lowest BCUT2D eigenvalue weighted by atomic mass is 10.2. The second-order valence-corrected chi connectivity index (χ2v) is 4.84. The van der Waals surface area contributed by atoms with Gasteiger partial charge in [-0.15, -0.1) is 0 Å². The van der Waals surface area contributed by atoms with E-state index < -0.39 is 16.0 Å². The highest BCUT2D eigenvalue weighted by Gasteiger charge is 2.33. The minimum atomic E-state index is -4.40. The van der Waals surface area contributed by atoms with Gasteiger partial charge in [0.1, 0.15) is 4.88 Å². The standard InChI is InChI=1S/C11H8F3N3O2S/c12-11(13,14)9-6-16-10(20-9)15-5-7-1-3-8(4-2-7)17(18)19/h1-4,6H,5H2,(H,15,16). The summed E-state index contributed by atoms with van der Waals surface area (Å²) in [6.45, 7) is 0.239. The van der Waals surface area contributed by atoms with Gasteiger partial charge in [0.15, 0.2) is 5.13 Å². The molecule has 0 saturated heterocycles. The molecular formula is C11H8F3N3O2S. The number of nitrogens with zero attached hydrogens (tertiary/aromatic N) is 2. The summed E-state index contributed by atoms with van der Waals surface area (Å²) >= 11 is 0.512. The quantitative estimate of drug-likeness (QED) is 0.691. The molecule has 0 aliphatic rings. The fraction of sp³-hybridized carbons (Fsp3) is 0.182. The molecule has 0 unspecified atom stereocenters. The van der Waals surface area contributed by atoms with Crippen LogP contribution in [0, 0.1) is 10.1 Å². The van der Waals surface area contributed by atoms with Crippen LogP contribution >= 0.6 is 11.3 Å². The number of alkyl halides is 3. The molecule has 2 rings (SSSR count). The normalized spacial score (nSPS) is 11.3. The van der Waals surface area contributed by atoms with Crippen LogP contribution in [0.2, 0.25) is 0 Å². The van der Waals surface area contributed by atoms with E-state index in [0.29, 0.717) is 16.9 Å². The maximum atomic E-state index is 12.4. The van der Waals surface area contributed by atoms with Gasteiger partial charge in [-0.25, -0.2) is 4.98 Å². The van der Waals surface area contributed by atoms with Gasteiger partial charge in [-0.1, -0.05) is 23.5 Å². The Morgan fingerprint density at radius 2 is 1.95 bits per heavy atom. The third-order valence-electron chi connectivity index (χ3n) is 2.38. The molecule has 0 spiro atoms. The summed E-state index contributed by atoms with van der Waals surface area (Å²) in [5.41, 5.74) is 0.668. The van der Waals surface area contributed by atoms with Gasteiger partial charge in [-0.3, -0.25) is 10.1 Å². The molecular weight excluding hydrogens is 295 g/mol. The average Bonchev–Trinajstić information content (AvgIpc) is 2.85. The number of benzene rings is 1. The number of nitro groups is 1. The summed E-state index contributed by atoms with van der Waals surface area (Å²) in [4.78, 5) is 12.8. The second kappa shape index (κ2) is 5.45. The van der Waals surface area contributed by atoms with E-state index in [1.165, 1.54) is 24.3 Å². The third-order valence-corrected chi connectivity index (χ3v) is 3.38. The lowest BCUT2D eigenvalue weighted by Crippen LogP contribution is -2.00. The number of hydrogen-bond acceptors (Lipinski definition) is 5. The number of hydrogen-bond donors (Lipinski definition) is 1. The zero-order valence-corrected chi connectivity index (χ0v) is 10.7. The molecule has 106 valence electrons. The first-order valence-corrected chi connectivity index (χ1v) is 6.18. The molecule has 20 heavy (non-hydrogen) atoms. The molecule has 0 radical (unpaired) electrons. The molecule has 0 fully saturated rings. The van der Waals surface area contributed by atoms with E-state index in [0.717, 1.165) is 6.20 Å². The van der Waals surface area contributed by atoms with E-state index in [-0.39, 0.29) is 17.4 Å². The highest BCUT2D eigenvalue weighted by molar-refractivity contribution is 7.15. The van der Waals surface area contributed by atoms with E-state index in [2.05, 4.69) is 10.3 Å². The minimum absolute atomic E-state index is 0.0395. The van der Waals surface area contributed by atoms with E-state index in [4.69, 9.17) is 0 Å². The van der Waals surface area contributed by atoms with Crippen molar-refractivity contribution in [2.24, 2.45) is 0 Å². The number of non-ortho nitro benzene ring substituents is 1. The summed E-state index contributed by atoms with van der Waals surface area (Å²) in [5.74, 6) is 0. The lowest BCUT2D eigenvalue weighted by Gasteiger charge is -2.03. The van der Waals surface area contributed by atoms with E-state index in [1.807, 2.05) is 0 Å². The van der Waals surface area contributed by atoms with E-state index in [1.54, 1.807) is 0 Å². The van der Waals surface area contributed by atoms with Crippen molar-refractivity contribution in [1.29, 1.82) is 0 Å². The molecule has 1 aromatic heterocycles. The van der Waals surface area contributed by atoms with Gasteiger partial charge < -0.3 is 5.32 Å². The van der Waals surface area contributed by atoms with Crippen LogP contribution in [-0.2, 0) is 12.7 Å². The van der Waals surface area contributed by atoms with Crippen molar-refractivity contribution in [2.75, 3.05) is 5.32 Å². The van der Waals surface area contributed by atoms with E-state index in [9.17, 15) is 23.3 Å². The van der Waals surface area contributed by atoms with E-state index >= 15 is 0 Å². The topological polar surface area (TPSA) is 68.1 Å². The van der Waals surface area contributed by atoms with Crippen LogP contribution in [0.25, 0.3) is 0 Å². The van der Waals surface area contributed by atoms with Gasteiger partial charge in [0.25, 0.3) is 5.69 Å². The minimum Gasteiger partial charge on any atom is -0.357 e. The Hall–Kier alpha value is -2.16. The Morgan fingerprint density at radius 1 is 1.30 bits per heavy atom. The molecule has 0 atom stereocenters. The predicted octanol–water partition coefficient (Wildman–Crippen LogP) is 3.68. The first kappa shape index (κ1) is 14.3. The van der Waals surface area contributed by atoms with Crippen LogP contribution in [0.3, 0.4) is 0 Å². The smallest absolute Gasteiger partial charge is 0.357 e. The van der Waals surface area contributed by atoms with Gasteiger partial charge in [-0.2, -0.15) is 13.2 Å².